The van der Waals surface area contributed by atoms with Crippen LogP contribution >= 0.6 is 0 Å². The lowest BCUT2D eigenvalue weighted by Crippen LogP contribution is -2.38. The van der Waals surface area contributed by atoms with Gasteiger partial charge in [0.25, 0.3) is 0 Å². The van der Waals surface area contributed by atoms with Crippen molar-refractivity contribution in [3.05, 3.63) is 29.8 Å². The summed E-state index contributed by atoms with van der Waals surface area (Å²) in [6, 6.07) is 6.61. The zero-order chi connectivity index (χ0) is 18.2. The van der Waals surface area contributed by atoms with E-state index < -0.39 is 18.0 Å². The number of nitrogens with one attached hydrogen (secondary N) is 1. The Bertz CT molecular complexity index is 648. The molecule has 8 heteroatoms. The van der Waals surface area contributed by atoms with Gasteiger partial charge in [-0.3, -0.25) is 9.59 Å². The van der Waals surface area contributed by atoms with Gasteiger partial charge in [-0.25, -0.2) is 0 Å². The highest BCUT2D eigenvalue weighted by molar-refractivity contribution is 5.81. The van der Waals surface area contributed by atoms with E-state index in [1.807, 2.05) is 0 Å². The van der Waals surface area contributed by atoms with Gasteiger partial charge in [0.2, 0.25) is 5.91 Å². The van der Waals surface area contributed by atoms with Gasteiger partial charge in [0.15, 0.2) is 0 Å². The number of rotatable bonds is 6. The van der Waals surface area contributed by atoms with Gasteiger partial charge < -0.3 is 15.8 Å². The van der Waals surface area contributed by atoms with Gasteiger partial charge in [-0.2, -0.15) is 13.2 Å². The molecule has 0 aliphatic rings. The Morgan fingerprint density at radius 2 is 2.08 bits per heavy atom. The summed E-state index contributed by atoms with van der Waals surface area (Å²) in [5, 5.41) is 1.70. The summed E-state index contributed by atoms with van der Waals surface area (Å²) in [5.74, 6) is 3.29. The number of nitrogens with two attached hydrogens (primary N) is 1. The van der Waals surface area contributed by atoms with Crippen molar-refractivity contribution in [2.24, 2.45) is 11.7 Å². The zero-order valence-corrected chi connectivity index (χ0v) is 12.9. The third-order valence-electron chi connectivity index (χ3n) is 2.87. The second kappa shape index (κ2) is 8.82. The number of ether oxygens (including phenoxy) is 1. The first-order valence-electron chi connectivity index (χ1n) is 7.06. The first-order valence-corrected chi connectivity index (χ1v) is 7.06. The average molecular weight is 342 g/mol. The molecule has 0 heterocycles. The fraction of sp³-hybridized carbons (Fsp3) is 0.375. The Morgan fingerprint density at radius 3 is 2.71 bits per heavy atom. The Kier molecular flexibility index (Phi) is 7.11. The van der Waals surface area contributed by atoms with E-state index in [-0.39, 0.29) is 19.1 Å². The molecule has 3 N–H and O–H groups in total. The number of alkyl halides is 3. The van der Waals surface area contributed by atoms with Crippen molar-refractivity contribution in [3.8, 4) is 17.6 Å². The molecule has 1 aromatic rings. The number of primary amides is 1. The third-order valence-corrected chi connectivity index (χ3v) is 2.87. The highest BCUT2D eigenvalue weighted by atomic mass is 19.4. The van der Waals surface area contributed by atoms with Crippen LogP contribution in [-0.2, 0) is 9.59 Å². The third kappa shape index (κ3) is 7.05. The van der Waals surface area contributed by atoms with Crippen LogP contribution in [0.4, 0.5) is 13.2 Å². The molecule has 0 radical (unpaired) electrons. The van der Waals surface area contributed by atoms with Crippen LogP contribution < -0.4 is 15.8 Å². The molecular formula is C16H17F3N2O3. The minimum absolute atomic E-state index is 0.114. The lowest BCUT2D eigenvalue weighted by molar-refractivity contribution is -0.173. The molecule has 1 rings (SSSR count). The van der Waals surface area contributed by atoms with Crippen LogP contribution in [0.3, 0.4) is 0 Å². The van der Waals surface area contributed by atoms with Crippen molar-refractivity contribution in [2.75, 3.05) is 13.2 Å². The van der Waals surface area contributed by atoms with Crippen LogP contribution in [0.5, 0.6) is 5.75 Å². The van der Waals surface area contributed by atoms with Crippen molar-refractivity contribution in [1.29, 1.82) is 0 Å². The first-order chi connectivity index (χ1) is 11.2. The van der Waals surface area contributed by atoms with Gasteiger partial charge in [0.05, 0.1) is 6.54 Å². The lowest BCUT2D eigenvalue weighted by atomic mass is 10.1. The molecule has 0 spiro atoms. The molecule has 0 saturated heterocycles. The largest absolute Gasteiger partial charge is 0.492 e. The van der Waals surface area contributed by atoms with Crippen LogP contribution in [-0.4, -0.2) is 31.1 Å². The fourth-order valence-corrected chi connectivity index (χ4v) is 1.50. The van der Waals surface area contributed by atoms with E-state index in [2.05, 4.69) is 11.8 Å². The Hall–Kier alpha value is -2.69. The molecule has 1 unspecified atom stereocenters. The Balaban J connectivity index is 2.47. The monoisotopic (exact) mass is 342 g/mol. The number of carbonyl (C=O) groups is 2. The molecule has 2 amide bonds. The molecular weight excluding hydrogens is 325 g/mol. The topological polar surface area (TPSA) is 81.4 Å². The summed E-state index contributed by atoms with van der Waals surface area (Å²) in [4.78, 5) is 21.5. The van der Waals surface area contributed by atoms with Crippen molar-refractivity contribution in [3.63, 3.8) is 0 Å². The second-order valence-corrected chi connectivity index (χ2v) is 4.94. The minimum atomic E-state index is -4.91. The van der Waals surface area contributed by atoms with Crippen LogP contribution in [0, 0.1) is 17.8 Å². The summed E-state index contributed by atoms with van der Waals surface area (Å²) in [7, 11) is 0. The highest BCUT2D eigenvalue weighted by Crippen LogP contribution is 2.14. The van der Waals surface area contributed by atoms with E-state index in [0.717, 1.165) is 0 Å². The maximum atomic E-state index is 12.0. The maximum absolute atomic E-state index is 12.0. The molecule has 0 fully saturated rings. The van der Waals surface area contributed by atoms with Gasteiger partial charge in [-0.05, 0) is 18.2 Å². The van der Waals surface area contributed by atoms with Crippen LogP contribution in [0.15, 0.2) is 24.3 Å². The Morgan fingerprint density at radius 1 is 1.38 bits per heavy atom. The smallest absolute Gasteiger partial charge is 0.471 e. The number of amides is 2. The molecule has 0 aromatic heterocycles. The number of hydrogen-bond donors (Lipinski definition) is 2. The lowest BCUT2D eigenvalue weighted by Gasteiger charge is -2.09. The molecule has 1 atom stereocenters. The van der Waals surface area contributed by atoms with Gasteiger partial charge in [-0.1, -0.05) is 24.8 Å². The predicted octanol–water partition coefficient (Wildman–Crippen LogP) is 1.61. The molecule has 0 aliphatic heterocycles. The van der Waals surface area contributed by atoms with E-state index in [4.69, 9.17) is 10.5 Å². The highest BCUT2D eigenvalue weighted by Gasteiger charge is 2.38. The van der Waals surface area contributed by atoms with Crippen molar-refractivity contribution in [2.45, 2.75) is 19.5 Å². The summed E-state index contributed by atoms with van der Waals surface area (Å²) >= 11 is 0. The van der Waals surface area contributed by atoms with Crippen molar-refractivity contribution in [1.82, 2.24) is 5.32 Å². The fourth-order valence-electron chi connectivity index (χ4n) is 1.50. The normalized spacial score (nSPS) is 11.8. The second-order valence-electron chi connectivity index (χ2n) is 4.94. The summed E-state index contributed by atoms with van der Waals surface area (Å²) in [5.41, 5.74) is 5.76. The molecule has 1 aromatic carbocycles. The van der Waals surface area contributed by atoms with Crippen LogP contribution in [0.1, 0.15) is 18.9 Å². The van der Waals surface area contributed by atoms with E-state index in [1.54, 1.807) is 36.5 Å². The van der Waals surface area contributed by atoms with Gasteiger partial charge in [-0.15, -0.1) is 0 Å². The van der Waals surface area contributed by atoms with E-state index in [9.17, 15) is 22.8 Å². The van der Waals surface area contributed by atoms with E-state index in [1.165, 1.54) is 0 Å². The van der Waals surface area contributed by atoms with Gasteiger partial charge >= 0.3 is 12.1 Å². The molecule has 24 heavy (non-hydrogen) atoms. The van der Waals surface area contributed by atoms with Crippen LogP contribution in [0.25, 0.3) is 0 Å². The zero-order valence-electron chi connectivity index (χ0n) is 12.9. The minimum Gasteiger partial charge on any atom is -0.492 e. The Labute approximate surface area is 137 Å². The van der Waals surface area contributed by atoms with E-state index >= 15 is 0 Å². The molecule has 0 aliphatic carbocycles. The van der Waals surface area contributed by atoms with Gasteiger partial charge in [0, 0.05) is 17.9 Å². The predicted molar refractivity (Wildman–Crippen MR) is 80.9 cm³/mol. The van der Waals surface area contributed by atoms with Gasteiger partial charge in [0.1, 0.15) is 12.4 Å². The molecule has 0 bridgehead atoms. The summed E-state index contributed by atoms with van der Waals surface area (Å²) in [6.45, 7) is 1.29. The van der Waals surface area contributed by atoms with Crippen molar-refractivity contribution < 1.29 is 27.5 Å². The SMILES string of the molecule is CC(CC#Cc1cccc(OCCNC(=O)C(F)(F)F)c1)C(N)=O. The first kappa shape index (κ1) is 19.4. The maximum Gasteiger partial charge on any atom is 0.471 e. The molecule has 130 valence electrons. The average Bonchev–Trinajstić information content (AvgIpc) is 2.50. The molecule has 5 nitrogen and oxygen atoms in total. The van der Waals surface area contributed by atoms with Crippen molar-refractivity contribution >= 4 is 11.8 Å². The quantitative estimate of drug-likeness (QED) is 0.609. The summed E-state index contributed by atoms with van der Waals surface area (Å²) < 4.78 is 41.2. The molecule has 0 saturated carbocycles. The summed E-state index contributed by atoms with van der Waals surface area (Å²) in [6.07, 6.45) is -4.58. The number of halogens is 3. The number of benzene rings is 1. The van der Waals surface area contributed by atoms with Crippen LogP contribution in [0.2, 0.25) is 0 Å². The number of carbonyl (C=O) groups excluding carboxylic acids is 2. The van der Waals surface area contributed by atoms with E-state index in [0.29, 0.717) is 17.7 Å². The standard InChI is InChI=1S/C16H17F3N2O3/c1-11(14(20)22)4-2-5-12-6-3-7-13(10-12)24-9-8-21-15(23)16(17,18)19/h3,6-7,10-11H,4,8-9H2,1H3,(H2,20,22)(H,21,23). The number of hydrogen-bond acceptors (Lipinski definition) is 3.